The number of carbonyl (C=O) groups excluding carboxylic acids is 2. The van der Waals surface area contributed by atoms with E-state index in [0.717, 1.165) is 0 Å². The van der Waals surface area contributed by atoms with Crippen molar-refractivity contribution in [1.29, 1.82) is 0 Å². The fourth-order valence-corrected chi connectivity index (χ4v) is 2.58. The SMILES string of the molecule is Cc1nccnc1C(=O)NCc1cn2ncc(CNC(=O)CCC(F)(F)F)cc2n1. The van der Waals surface area contributed by atoms with E-state index in [-0.39, 0.29) is 24.7 Å². The second kappa shape index (κ2) is 8.84. The first-order valence-electron chi connectivity index (χ1n) is 8.94. The minimum absolute atomic E-state index is 0.0328. The van der Waals surface area contributed by atoms with Crippen molar-refractivity contribution < 1.29 is 22.8 Å². The zero-order valence-electron chi connectivity index (χ0n) is 15.9. The number of rotatable bonds is 7. The summed E-state index contributed by atoms with van der Waals surface area (Å²) >= 11 is 0. The van der Waals surface area contributed by atoms with Gasteiger partial charge in [-0.25, -0.2) is 14.5 Å². The maximum Gasteiger partial charge on any atom is 0.389 e. The van der Waals surface area contributed by atoms with Crippen LogP contribution in [0, 0.1) is 6.92 Å². The first-order chi connectivity index (χ1) is 14.2. The standard InChI is InChI=1S/C18H18F3N7O2/c1-11-16(23-5-4-22-11)17(30)25-9-13-10-28-14(27-13)6-12(8-26-28)7-24-15(29)2-3-18(19,20)21/h4-6,8,10H,2-3,7,9H2,1H3,(H,24,29)(H,25,30). The Morgan fingerprint density at radius 1 is 1.13 bits per heavy atom. The molecule has 30 heavy (non-hydrogen) atoms. The van der Waals surface area contributed by atoms with Gasteiger partial charge in [0.25, 0.3) is 5.91 Å². The van der Waals surface area contributed by atoms with E-state index >= 15 is 0 Å². The van der Waals surface area contributed by atoms with Gasteiger partial charge in [-0.2, -0.15) is 18.3 Å². The van der Waals surface area contributed by atoms with Crippen LogP contribution in [0.25, 0.3) is 5.65 Å². The minimum atomic E-state index is -4.37. The Hall–Kier alpha value is -3.57. The van der Waals surface area contributed by atoms with Gasteiger partial charge in [0.05, 0.1) is 36.7 Å². The predicted molar refractivity (Wildman–Crippen MR) is 98.1 cm³/mol. The van der Waals surface area contributed by atoms with Crippen LogP contribution in [-0.2, 0) is 17.9 Å². The third-order valence-electron chi connectivity index (χ3n) is 4.08. The van der Waals surface area contributed by atoms with Gasteiger partial charge in [-0.1, -0.05) is 0 Å². The number of hydrogen-bond donors (Lipinski definition) is 2. The number of fused-ring (bicyclic) bond motifs is 1. The number of nitrogens with zero attached hydrogens (tertiary/aromatic N) is 5. The van der Waals surface area contributed by atoms with Gasteiger partial charge in [-0.05, 0) is 18.6 Å². The lowest BCUT2D eigenvalue weighted by molar-refractivity contribution is -0.144. The highest BCUT2D eigenvalue weighted by Crippen LogP contribution is 2.21. The molecule has 0 saturated heterocycles. The number of aromatic nitrogens is 5. The van der Waals surface area contributed by atoms with Crippen LogP contribution < -0.4 is 10.6 Å². The number of aryl methyl sites for hydroxylation is 1. The number of amides is 2. The third kappa shape index (κ3) is 5.72. The Bertz CT molecular complexity index is 1070. The molecule has 0 fully saturated rings. The van der Waals surface area contributed by atoms with Crippen molar-refractivity contribution in [1.82, 2.24) is 35.2 Å². The lowest BCUT2D eigenvalue weighted by atomic mass is 10.2. The molecule has 0 aliphatic carbocycles. The zero-order chi connectivity index (χ0) is 21.7. The number of halogens is 3. The van der Waals surface area contributed by atoms with Crippen molar-refractivity contribution in [2.45, 2.75) is 39.0 Å². The molecule has 3 aromatic rings. The van der Waals surface area contributed by atoms with Crippen molar-refractivity contribution in [2.75, 3.05) is 0 Å². The molecule has 9 nitrogen and oxygen atoms in total. The van der Waals surface area contributed by atoms with Gasteiger partial charge in [0.1, 0.15) is 5.69 Å². The van der Waals surface area contributed by atoms with Crippen LogP contribution in [-0.4, -0.2) is 42.6 Å². The summed E-state index contributed by atoms with van der Waals surface area (Å²) in [6, 6.07) is 1.65. The van der Waals surface area contributed by atoms with Gasteiger partial charge in [0.15, 0.2) is 5.65 Å². The first-order valence-corrected chi connectivity index (χ1v) is 8.94. The molecule has 3 rings (SSSR count). The Morgan fingerprint density at radius 3 is 2.63 bits per heavy atom. The van der Waals surface area contributed by atoms with E-state index in [1.54, 1.807) is 19.2 Å². The van der Waals surface area contributed by atoms with E-state index in [1.807, 2.05) is 0 Å². The smallest absolute Gasteiger partial charge is 0.352 e. The second-order valence-corrected chi connectivity index (χ2v) is 6.46. The molecule has 158 valence electrons. The topological polar surface area (TPSA) is 114 Å². The number of carbonyl (C=O) groups is 2. The molecule has 0 unspecified atom stereocenters. The molecule has 0 atom stereocenters. The summed E-state index contributed by atoms with van der Waals surface area (Å²) in [4.78, 5) is 36.1. The van der Waals surface area contributed by atoms with Crippen LogP contribution in [0.4, 0.5) is 13.2 Å². The third-order valence-corrected chi connectivity index (χ3v) is 4.08. The highest BCUT2D eigenvalue weighted by atomic mass is 19.4. The van der Waals surface area contributed by atoms with E-state index in [2.05, 4.69) is 30.7 Å². The fraction of sp³-hybridized carbons (Fsp3) is 0.333. The molecule has 2 N–H and O–H groups in total. The summed E-state index contributed by atoms with van der Waals surface area (Å²) in [5, 5.41) is 9.28. The van der Waals surface area contributed by atoms with Gasteiger partial charge in [-0.15, -0.1) is 0 Å². The van der Waals surface area contributed by atoms with Gasteiger partial charge in [0.2, 0.25) is 5.91 Å². The monoisotopic (exact) mass is 421 g/mol. The van der Waals surface area contributed by atoms with E-state index in [1.165, 1.54) is 23.1 Å². The molecule has 0 aliphatic heterocycles. The zero-order valence-corrected chi connectivity index (χ0v) is 15.9. The number of imidazole rings is 1. The molecule has 3 aromatic heterocycles. The van der Waals surface area contributed by atoms with Crippen molar-refractivity contribution >= 4 is 17.5 Å². The predicted octanol–water partition coefficient (Wildman–Crippen LogP) is 1.72. The fourth-order valence-electron chi connectivity index (χ4n) is 2.58. The normalized spacial score (nSPS) is 11.5. The quantitative estimate of drug-likeness (QED) is 0.601. The van der Waals surface area contributed by atoms with Crippen LogP contribution in [0.5, 0.6) is 0 Å². The van der Waals surface area contributed by atoms with Gasteiger partial charge < -0.3 is 10.6 Å². The molecule has 0 bridgehead atoms. The number of hydrogen-bond acceptors (Lipinski definition) is 6. The van der Waals surface area contributed by atoms with Crippen molar-refractivity contribution in [3.63, 3.8) is 0 Å². The maximum atomic E-state index is 12.2. The molecule has 0 saturated carbocycles. The highest BCUT2D eigenvalue weighted by Gasteiger charge is 2.27. The van der Waals surface area contributed by atoms with Crippen molar-refractivity contribution in [3.8, 4) is 0 Å². The first kappa shape index (κ1) is 21.1. The summed E-state index contributed by atoms with van der Waals surface area (Å²) in [5.41, 5.74) is 2.33. The Kier molecular flexibility index (Phi) is 6.23. The molecular weight excluding hydrogens is 403 g/mol. The number of alkyl halides is 3. The van der Waals surface area contributed by atoms with Crippen LogP contribution >= 0.6 is 0 Å². The Balaban J connectivity index is 1.57. The van der Waals surface area contributed by atoms with Gasteiger partial charge in [0, 0.05) is 25.4 Å². The van der Waals surface area contributed by atoms with Crippen LogP contribution in [0.3, 0.4) is 0 Å². The average molecular weight is 421 g/mol. The molecule has 2 amide bonds. The largest absolute Gasteiger partial charge is 0.389 e. The van der Waals surface area contributed by atoms with Crippen molar-refractivity contribution in [3.05, 3.63) is 53.5 Å². The molecule has 0 aromatic carbocycles. The van der Waals surface area contributed by atoms with E-state index in [4.69, 9.17) is 0 Å². The van der Waals surface area contributed by atoms with Gasteiger partial charge >= 0.3 is 6.18 Å². The molecule has 0 aliphatic rings. The van der Waals surface area contributed by atoms with Gasteiger partial charge in [-0.3, -0.25) is 14.6 Å². The minimum Gasteiger partial charge on any atom is -0.352 e. The van der Waals surface area contributed by atoms with E-state index < -0.39 is 24.9 Å². The highest BCUT2D eigenvalue weighted by molar-refractivity contribution is 5.93. The number of nitrogens with one attached hydrogen (secondary N) is 2. The molecular formula is C18H18F3N7O2. The summed E-state index contributed by atoms with van der Waals surface area (Å²) in [5.74, 6) is -1.08. The molecule has 0 radical (unpaired) electrons. The summed E-state index contributed by atoms with van der Waals surface area (Å²) in [7, 11) is 0. The Labute approximate surface area is 168 Å². The Morgan fingerprint density at radius 2 is 1.90 bits per heavy atom. The second-order valence-electron chi connectivity index (χ2n) is 6.46. The lowest BCUT2D eigenvalue weighted by Gasteiger charge is -2.07. The van der Waals surface area contributed by atoms with E-state index in [0.29, 0.717) is 22.6 Å². The van der Waals surface area contributed by atoms with E-state index in [9.17, 15) is 22.8 Å². The summed E-state index contributed by atoms with van der Waals surface area (Å²) in [6.45, 7) is 1.85. The van der Waals surface area contributed by atoms with Crippen molar-refractivity contribution in [2.24, 2.45) is 0 Å². The maximum absolute atomic E-state index is 12.2. The average Bonchev–Trinajstić information content (AvgIpc) is 3.11. The molecule has 12 heteroatoms. The summed E-state index contributed by atoms with van der Waals surface area (Å²) in [6.07, 6.45) is -0.131. The summed E-state index contributed by atoms with van der Waals surface area (Å²) < 4.78 is 37.9. The van der Waals surface area contributed by atoms with Crippen LogP contribution in [0.1, 0.15) is 40.3 Å². The van der Waals surface area contributed by atoms with Crippen LogP contribution in [0.2, 0.25) is 0 Å². The molecule has 3 heterocycles. The molecule has 0 spiro atoms. The lowest BCUT2D eigenvalue weighted by Crippen LogP contribution is -2.25. The van der Waals surface area contributed by atoms with Crippen LogP contribution in [0.15, 0.2) is 30.9 Å².